The van der Waals surface area contributed by atoms with Crippen LogP contribution in [0, 0.1) is 0 Å². The van der Waals surface area contributed by atoms with E-state index in [1.54, 1.807) is 12.2 Å². The summed E-state index contributed by atoms with van der Waals surface area (Å²) in [6, 6.07) is 0. The first kappa shape index (κ1) is 9.72. The molecule has 0 aliphatic rings. The van der Waals surface area contributed by atoms with Crippen molar-refractivity contribution >= 4 is 27.5 Å². The molecule has 0 saturated heterocycles. The first-order chi connectivity index (χ1) is 4.72. The molecule has 0 bridgehead atoms. The predicted octanol–water partition coefficient (Wildman–Crippen LogP) is 2.20. The Balaban J connectivity index is 3.83. The Kier molecular flexibility index (Phi) is 5.35. The molecular weight excluding hydrogens is 164 g/mol. The molecule has 1 N–H and O–H groups in total. The summed E-state index contributed by atoms with van der Waals surface area (Å²) in [4.78, 5) is 0. The molecule has 0 radical (unpaired) electrons. The second-order valence-corrected chi connectivity index (χ2v) is 4.69. The zero-order valence-corrected chi connectivity index (χ0v) is 7.50. The maximum Gasteiger partial charge on any atom is 0.197 e. The van der Waals surface area contributed by atoms with E-state index in [9.17, 15) is 0 Å². The van der Waals surface area contributed by atoms with Gasteiger partial charge in [0.1, 0.15) is 0 Å². The third-order valence-electron chi connectivity index (χ3n) is 0.969. The second-order valence-electron chi connectivity index (χ2n) is 1.76. The molecule has 3 heteroatoms. The number of aliphatic hydroxyl groups is 1. The maximum atomic E-state index is 8.94. The van der Waals surface area contributed by atoms with Crippen LogP contribution in [-0.2, 0) is 0 Å². The number of hydrogen-bond donors (Lipinski definition) is 2. The van der Waals surface area contributed by atoms with Crippen molar-refractivity contribution in [1.29, 1.82) is 0 Å². The van der Waals surface area contributed by atoms with Crippen LogP contribution in [0.15, 0.2) is 25.3 Å². The van der Waals surface area contributed by atoms with Gasteiger partial charge in [0.05, 0.1) is 0 Å². The van der Waals surface area contributed by atoms with Gasteiger partial charge in [-0.2, -0.15) is 10.9 Å². The van der Waals surface area contributed by atoms with Crippen LogP contribution in [0.1, 0.15) is 0 Å². The van der Waals surface area contributed by atoms with E-state index in [-0.39, 0.29) is 4.38 Å². The van der Waals surface area contributed by atoms with Gasteiger partial charge in [0, 0.05) is 11.5 Å². The average Bonchev–Trinajstić information content (AvgIpc) is 1.87. The lowest BCUT2D eigenvalue weighted by molar-refractivity contribution is 0.585. The van der Waals surface area contributed by atoms with Crippen LogP contribution in [0.4, 0.5) is 0 Å². The van der Waals surface area contributed by atoms with Gasteiger partial charge in [0.15, 0.2) is 4.38 Å². The molecule has 0 fully saturated rings. The van der Waals surface area contributed by atoms with Crippen molar-refractivity contribution in [3.05, 3.63) is 25.3 Å². The molecule has 0 saturated carbocycles. The SMILES string of the molecule is C=CC[SH](CC=C)C(O)=S. The van der Waals surface area contributed by atoms with E-state index in [1.807, 2.05) is 0 Å². The molecule has 0 aliphatic heterocycles. The fourth-order valence-corrected chi connectivity index (χ4v) is 2.07. The third kappa shape index (κ3) is 3.69. The van der Waals surface area contributed by atoms with Crippen LogP contribution in [0.3, 0.4) is 0 Å². The Labute approximate surface area is 69.8 Å². The average molecular weight is 176 g/mol. The minimum Gasteiger partial charge on any atom is -0.495 e. The topological polar surface area (TPSA) is 20.2 Å². The Morgan fingerprint density at radius 3 is 2.00 bits per heavy atom. The van der Waals surface area contributed by atoms with E-state index in [4.69, 9.17) is 5.11 Å². The zero-order valence-electron chi connectivity index (χ0n) is 5.79. The summed E-state index contributed by atoms with van der Waals surface area (Å²) in [7, 11) is -0.569. The Hall–Kier alpha value is -0.280. The summed E-state index contributed by atoms with van der Waals surface area (Å²) in [5, 5.41) is 8.94. The van der Waals surface area contributed by atoms with Gasteiger partial charge in [0.2, 0.25) is 0 Å². The van der Waals surface area contributed by atoms with E-state index in [0.717, 1.165) is 11.5 Å². The molecule has 10 heavy (non-hydrogen) atoms. The number of rotatable bonds is 4. The summed E-state index contributed by atoms with van der Waals surface area (Å²) >= 11 is 4.64. The highest BCUT2D eigenvalue weighted by molar-refractivity contribution is 8.35. The molecule has 0 spiro atoms. The summed E-state index contributed by atoms with van der Waals surface area (Å²) in [6.07, 6.45) is 3.55. The minimum absolute atomic E-state index is 0.120. The van der Waals surface area contributed by atoms with Crippen LogP contribution in [0.2, 0.25) is 0 Å². The normalized spacial score (nSPS) is 10.2. The van der Waals surface area contributed by atoms with Gasteiger partial charge >= 0.3 is 0 Å². The van der Waals surface area contributed by atoms with Crippen molar-refractivity contribution in [2.24, 2.45) is 0 Å². The highest BCUT2D eigenvalue weighted by Crippen LogP contribution is 2.25. The third-order valence-corrected chi connectivity index (χ3v) is 3.68. The van der Waals surface area contributed by atoms with Gasteiger partial charge in [-0.25, -0.2) is 0 Å². The monoisotopic (exact) mass is 176 g/mol. The molecule has 0 amide bonds. The van der Waals surface area contributed by atoms with Gasteiger partial charge < -0.3 is 5.11 Å². The van der Waals surface area contributed by atoms with Crippen molar-refractivity contribution in [3.8, 4) is 0 Å². The van der Waals surface area contributed by atoms with Crippen molar-refractivity contribution < 1.29 is 5.11 Å². The van der Waals surface area contributed by atoms with Gasteiger partial charge in [-0.15, -0.1) is 13.2 Å². The quantitative estimate of drug-likeness (QED) is 0.389. The molecule has 0 rings (SSSR count). The smallest absolute Gasteiger partial charge is 0.197 e. The van der Waals surface area contributed by atoms with E-state index < -0.39 is 10.9 Å². The van der Waals surface area contributed by atoms with E-state index in [2.05, 4.69) is 25.4 Å². The molecule has 0 atom stereocenters. The molecule has 0 aromatic carbocycles. The number of hydrogen-bond acceptors (Lipinski definition) is 1. The van der Waals surface area contributed by atoms with Crippen molar-refractivity contribution in [3.63, 3.8) is 0 Å². The van der Waals surface area contributed by atoms with Crippen LogP contribution in [0.25, 0.3) is 0 Å². The highest BCUT2D eigenvalue weighted by Gasteiger charge is 2.02. The van der Waals surface area contributed by atoms with Gasteiger partial charge in [0.25, 0.3) is 0 Å². The molecule has 1 nitrogen and oxygen atoms in total. The minimum atomic E-state index is -0.569. The zero-order chi connectivity index (χ0) is 7.98. The van der Waals surface area contributed by atoms with Gasteiger partial charge in [-0.05, 0) is 12.2 Å². The lowest BCUT2D eigenvalue weighted by atomic mass is 10.8. The van der Waals surface area contributed by atoms with Crippen LogP contribution >= 0.6 is 23.1 Å². The molecule has 0 aromatic heterocycles. The van der Waals surface area contributed by atoms with Crippen molar-refractivity contribution in [2.75, 3.05) is 11.5 Å². The van der Waals surface area contributed by atoms with Crippen LogP contribution < -0.4 is 0 Å². The standard InChI is InChI=1S/C7H12OS2/c1-3-5-10(6-4-2)7(8)9/h3-4,10H,1-2,5-6H2,(H,8,9). The first-order valence-electron chi connectivity index (χ1n) is 2.92. The lowest BCUT2D eigenvalue weighted by Gasteiger charge is -2.13. The fraction of sp³-hybridized carbons (Fsp3) is 0.286. The summed E-state index contributed by atoms with van der Waals surface area (Å²) in [6.45, 7) is 7.15. The summed E-state index contributed by atoms with van der Waals surface area (Å²) < 4.78 is 0.120. The summed E-state index contributed by atoms with van der Waals surface area (Å²) in [5.41, 5.74) is 0. The Morgan fingerprint density at radius 2 is 1.80 bits per heavy atom. The lowest BCUT2D eigenvalue weighted by Crippen LogP contribution is -1.99. The van der Waals surface area contributed by atoms with Crippen molar-refractivity contribution in [1.82, 2.24) is 0 Å². The van der Waals surface area contributed by atoms with Gasteiger partial charge in [-0.3, -0.25) is 0 Å². The van der Waals surface area contributed by atoms with E-state index in [0.29, 0.717) is 0 Å². The molecule has 0 heterocycles. The molecule has 0 aromatic rings. The second kappa shape index (κ2) is 5.50. The predicted molar refractivity (Wildman–Crippen MR) is 54.3 cm³/mol. The Bertz CT molecular complexity index is 133. The van der Waals surface area contributed by atoms with Crippen LogP contribution in [-0.4, -0.2) is 21.0 Å². The van der Waals surface area contributed by atoms with Crippen LogP contribution in [0.5, 0.6) is 0 Å². The number of thiocarbonyl (C=S) groups is 1. The fourth-order valence-electron chi connectivity index (χ4n) is 0.542. The van der Waals surface area contributed by atoms with Gasteiger partial charge in [-0.1, -0.05) is 12.2 Å². The molecular formula is C7H12OS2. The highest BCUT2D eigenvalue weighted by atomic mass is 32.2. The Morgan fingerprint density at radius 1 is 1.40 bits per heavy atom. The summed E-state index contributed by atoms with van der Waals surface area (Å²) in [5.74, 6) is 1.58. The first-order valence-corrected chi connectivity index (χ1v) is 5.04. The van der Waals surface area contributed by atoms with E-state index >= 15 is 0 Å². The molecule has 58 valence electrons. The number of aliphatic hydroxyl groups excluding tert-OH is 1. The number of thiol groups is 1. The van der Waals surface area contributed by atoms with E-state index in [1.165, 1.54) is 0 Å². The maximum absolute atomic E-state index is 8.94. The largest absolute Gasteiger partial charge is 0.495 e. The molecule has 0 aliphatic carbocycles. The van der Waals surface area contributed by atoms with Crippen molar-refractivity contribution in [2.45, 2.75) is 0 Å². The molecule has 0 unspecified atom stereocenters.